The van der Waals surface area contributed by atoms with Crippen molar-refractivity contribution in [3.63, 3.8) is 0 Å². The van der Waals surface area contributed by atoms with Gasteiger partial charge in [-0.15, -0.1) is 0 Å². The average Bonchev–Trinajstić information content (AvgIpc) is 2.26. The number of rotatable bonds is 6. The fourth-order valence-electron chi connectivity index (χ4n) is 1.03. The number of hydrogen-bond acceptors (Lipinski definition) is 2. The van der Waals surface area contributed by atoms with Crippen molar-refractivity contribution in [1.29, 1.82) is 0 Å². The van der Waals surface area contributed by atoms with E-state index in [4.69, 9.17) is 9.47 Å². The van der Waals surface area contributed by atoms with Gasteiger partial charge in [-0.25, -0.2) is 0 Å². The Hall–Kier alpha value is -0.290. The summed E-state index contributed by atoms with van der Waals surface area (Å²) in [7, 11) is 0. The van der Waals surface area contributed by atoms with Gasteiger partial charge in [-0.1, -0.05) is 40.8 Å². The van der Waals surface area contributed by atoms with Gasteiger partial charge in [0.15, 0.2) is 0 Å². The molecular formula is C12H17IO2. The monoisotopic (exact) mass is 320 g/mol. The van der Waals surface area contributed by atoms with Gasteiger partial charge in [-0.2, -0.15) is 0 Å². The fraction of sp³-hybridized carbons (Fsp3) is 0.500. The van der Waals surface area contributed by atoms with Crippen LogP contribution in [0.5, 0.6) is 5.75 Å². The topological polar surface area (TPSA) is 18.5 Å². The van der Waals surface area contributed by atoms with Gasteiger partial charge in [0, 0.05) is 4.43 Å². The summed E-state index contributed by atoms with van der Waals surface area (Å²) in [5.74, 6) is 0.897. The first kappa shape index (κ1) is 12.8. The largest absolute Gasteiger partial charge is 0.491 e. The first-order valence-corrected chi connectivity index (χ1v) is 6.54. The minimum absolute atomic E-state index is 0.0550. The zero-order valence-electron chi connectivity index (χ0n) is 9.20. The Morgan fingerprint density at radius 1 is 1.13 bits per heavy atom. The second-order valence-electron chi connectivity index (χ2n) is 3.90. The van der Waals surface area contributed by atoms with Crippen LogP contribution in [-0.2, 0) is 4.74 Å². The molecule has 0 aromatic heterocycles. The molecule has 3 heteroatoms. The third-order valence-corrected chi connectivity index (χ3v) is 3.75. The van der Waals surface area contributed by atoms with Gasteiger partial charge in [0.1, 0.15) is 12.4 Å². The summed E-state index contributed by atoms with van der Waals surface area (Å²) in [6.07, 6.45) is 0. The van der Waals surface area contributed by atoms with E-state index in [-0.39, 0.29) is 5.60 Å². The third-order valence-electron chi connectivity index (χ3n) is 1.91. The van der Waals surface area contributed by atoms with E-state index in [2.05, 4.69) is 36.4 Å². The maximum atomic E-state index is 5.67. The van der Waals surface area contributed by atoms with E-state index in [1.807, 2.05) is 30.3 Å². The lowest BCUT2D eigenvalue weighted by molar-refractivity contribution is -0.0109. The van der Waals surface area contributed by atoms with Crippen LogP contribution in [0.1, 0.15) is 13.8 Å². The second-order valence-corrected chi connectivity index (χ2v) is 4.67. The summed E-state index contributed by atoms with van der Waals surface area (Å²) in [5, 5.41) is 0. The van der Waals surface area contributed by atoms with Crippen LogP contribution in [0.2, 0.25) is 0 Å². The van der Waals surface area contributed by atoms with Crippen LogP contribution in [0.3, 0.4) is 0 Å². The summed E-state index contributed by atoms with van der Waals surface area (Å²) in [5.41, 5.74) is -0.0550. The molecule has 0 N–H and O–H groups in total. The van der Waals surface area contributed by atoms with Gasteiger partial charge in [0.2, 0.25) is 0 Å². The minimum atomic E-state index is -0.0550. The van der Waals surface area contributed by atoms with Crippen LogP contribution < -0.4 is 4.74 Å². The van der Waals surface area contributed by atoms with E-state index in [9.17, 15) is 0 Å². The number of hydrogen-bond donors (Lipinski definition) is 0. The van der Waals surface area contributed by atoms with Crippen molar-refractivity contribution in [2.24, 2.45) is 0 Å². The molecule has 0 fully saturated rings. The van der Waals surface area contributed by atoms with Crippen LogP contribution in [0.4, 0.5) is 0 Å². The number of para-hydroxylation sites is 1. The van der Waals surface area contributed by atoms with E-state index in [1.54, 1.807) is 0 Å². The Balaban J connectivity index is 2.18. The highest BCUT2D eigenvalue weighted by Crippen LogP contribution is 2.13. The standard InChI is InChI=1S/C12H17IO2/c1-12(2,10-13)15-9-8-14-11-6-4-3-5-7-11/h3-7H,8-10H2,1-2H3. The molecule has 0 bridgehead atoms. The van der Waals surface area contributed by atoms with Crippen molar-refractivity contribution in [2.75, 3.05) is 17.6 Å². The Kier molecular flexibility index (Phi) is 5.39. The third kappa shape index (κ3) is 5.37. The zero-order chi connectivity index (χ0) is 11.1. The molecule has 84 valence electrons. The maximum absolute atomic E-state index is 5.67. The smallest absolute Gasteiger partial charge is 0.119 e. The Labute approximate surface area is 105 Å². The first-order chi connectivity index (χ1) is 7.14. The number of alkyl halides is 1. The van der Waals surface area contributed by atoms with E-state index in [1.165, 1.54) is 0 Å². The maximum Gasteiger partial charge on any atom is 0.119 e. The number of halogens is 1. The normalized spacial score (nSPS) is 11.4. The van der Waals surface area contributed by atoms with Gasteiger partial charge in [-0.3, -0.25) is 0 Å². The second kappa shape index (κ2) is 6.33. The summed E-state index contributed by atoms with van der Waals surface area (Å²) in [4.78, 5) is 0. The fourth-order valence-corrected chi connectivity index (χ4v) is 1.25. The van der Waals surface area contributed by atoms with Gasteiger partial charge >= 0.3 is 0 Å². The van der Waals surface area contributed by atoms with Crippen LogP contribution in [-0.4, -0.2) is 23.2 Å². The van der Waals surface area contributed by atoms with E-state index in [0.29, 0.717) is 13.2 Å². The van der Waals surface area contributed by atoms with Gasteiger partial charge in [-0.05, 0) is 26.0 Å². The van der Waals surface area contributed by atoms with Crippen molar-refractivity contribution in [3.8, 4) is 5.75 Å². The predicted molar refractivity (Wildman–Crippen MR) is 70.9 cm³/mol. The van der Waals surface area contributed by atoms with Gasteiger partial charge < -0.3 is 9.47 Å². The highest BCUT2D eigenvalue weighted by molar-refractivity contribution is 14.1. The summed E-state index contributed by atoms with van der Waals surface area (Å²) < 4.78 is 12.2. The molecule has 0 unspecified atom stereocenters. The summed E-state index contributed by atoms with van der Waals surface area (Å²) in [6.45, 7) is 5.40. The minimum Gasteiger partial charge on any atom is -0.491 e. The molecule has 1 aromatic carbocycles. The molecule has 0 aliphatic rings. The highest BCUT2D eigenvalue weighted by atomic mass is 127. The van der Waals surface area contributed by atoms with E-state index in [0.717, 1.165) is 10.2 Å². The molecule has 0 amide bonds. The molecule has 2 nitrogen and oxygen atoms in total. The molecule has 1 rings (SSSR count). The molecule has 0 spiro atoms. The predicted octanol–water partition coefficient (Wildman–Crippen LogP) is 3.30. The van der Waals surface area contributed by atoms with Crippen LogP contribution >= 0.6 is 22.6 Å². The van der Waals surface area contributed by atoms with Gasteiger partial charge in [0.05, 0.1) is 12.2 Å². The zero-order valence-corrected chi connectivity index (χ0v) is 11.4. The molecule has 0 radical (unpaired) electrons. The van der Waals surface area contributed by atoms with E-state index >= 15 is 0 Å². The quantitative estimate of drug-likeness (QED) is 0.455. The molecule has 15 heavy (non-hydrogen) atoms. The molecule has 0 saturated heterocycles. The van der Waals surface area contributed by atoms with Crippen LogP contribution in [0.15, 0.2) is 30.3 Å². The number of ether oxygens (including phenoxy) is 2. The summed E-state index contributed by atoms with van der Waals surface area (Å²) in [6, 6.07) is 9.80. The van der Waals surface area contributed by atoms with Crippen molar-refractivity contribution < 1.29 is 9.47 Å². The highest BCUT2D eigenvalue weighted by Gasteiger charge is 2.15. The molecule has 0 saturated carbocycles. The lowest BCUT2D eigenvalue weighted by Gasteiger charge is -2.22. The van der Waals surface area contributed by atoms with Crippen molar-refractivity contribution >= 4 is 22.6 Å². The molecule has 0 heterocycles. The number of benzene rings is 1. The molecular weight excluding hydrogens is 303 g/mol. The van der Waals surface area contributed by atoms with Crippen LogP contribution in [0.25, 0.3) is 0 Å². The van der Waals surface area contributed by atoms with Crippen molar-refractivity contribution in [1.82, 2.24) is 0 Å². The first-order valence-electron chi connectivity index (χ1n) is 5.02. The lowest BCUT2D eigenvalue weighted by atomic mass is 10.2. The van der Waals surface area contributed by atoms with Crippen LogP contribution in [0, 0.1) is 0 Å². The van der Waals surface area contributed by atoms with Gasteiger partial charge in [0.25, 0.3) is 0 Å². The Morgan fingerprint density at radius 3 is 2.40 bits per heavy atom. The van der Waals surface area contributed by atoms with Crippen molar-refractivity contribution in [3.05, 3.63) is 30.3 Å². The molecule has 0 atom stereocenters. The van der Waals surface area contributed by atoms with E-state index < -0.39 is 0 Å². The molecule has 0 aliphatic heterocycles. The summed E-state index contributed by atoms with van der Waals surface area (Å²) >= 11 is 2.33. The average molecular weight is 320 g/mol. The Bertz CT molecular complexity index is 272. The molecule has 1 aromatic rings. The lowest BCUT2D eigenvalue weighted by Crippen LogP contribution is -2.28. The Morgan fingerprint density at radius 2 is 1.80 bits per heavy atom. The molecule has 0 aliphatic carbocycles. The van der Waals surface area contributed by atoms with Crippen molar-refractivity contribution in [2.45, 2.75) is 19.4 Å². The SMILES string of the molecule is CC(C)(CI)OCCOc1ccccc1.